The quantitative estimate of drug-likeness (QED) is 0.258. The van der Waals surface area contributed by atoms with Gasteiger partial charge in [-0.05, 0) is 94.0 Å². The summed E-state index contributed by atoms with van der Waals surface area (Å²) < 4.78 is 7.00. The summed E-state index contributed by atoms with van der Waals surface area (Å²) in [6.45, 7) is 0.402. The highest BCUT2D eigenvalue weighted by molar-refractivity contribution is 14.1. The smallest absolute Gasteiger partial charge is 0.335 e. The molecule has 0 radical (unpaired) electrons. The molecule has 0 spiro atoms. The van der Waals surface area contributed by atoms with Gasteiger partial charge in [0.2, 0.25) is 0 Å². The number of carboxylic acid groups (broad SMARTS) is 1. The van der Waals surface area contributed by atoms with Crippen LogP contribution in [0, 0.1) is 3.57 Å². The average Bonchev–Trinajstić information content (AvgIpc) is 3.07. The van der Waals surface area contributed by atoms with E-state index in [1.54, 1.807) is 37.4 Å². The predicted octanol–water partition coefficient (Wildman–Crippen LogP) is 6.46. The van der Waals surface area contributed by atoms with Crippen molar-refractivity contribution in [3.63, 3.8) is 0 Å². The number of carboxylic acids is 1. The highest BCUT2D eigenvalue weighted by atomic mass is 127. The summed E-state index contributed by atoms with van der Waals surface area (Å²) >= 11 is 9.89. The Bertz CT molecular complexity index is 1320. The van der Waals surface area contributed by atoms with Crippen LogP contribution in [0.15, 0.2) is 76.6 Å². The minimum absolute atomic E-state index is 0.133. The van der Waals surface area contributed by atoms with Gasteiger partial charge >= 0.3 is 5.97 Å². The Morgan fingerprint density at radius 1 is 1.18 bits per heavy atom. The number of rotatable bonds is 6. The SMILES string of the molecule is CN1C(=O)/C(=C/c2ccc(OCc3ccc(I)cc3)c(Cl)c2)SC1=Nc1cccc(C(=O)O)c1. The Kier molecular flexibility index (Phi) is 7.60. The topological polar surface area (TPSA) is 79.2 Å². The number of hydrogen-bond acceptors (Lipinski definition) is 5. The summed E-state index contributed by atoms with van der Waals surface area (Å²) in [5, 5.41) is 10.1. The second kappa shape index (κ2) is 10.6. The van der Waals surface area contributed by atoms with Crippen LogP contribution in [0.4, 0.5) is 5.69 Å². The number of aliphatic imine (C=N–C) groups is 1. The number of carbonyl (C=O) groups is 2. The van der Waals surface area contributed by atoms with E-state index in [0.29, 0.717) is 33.1 Å². The van der Waals surface area contributed by atoms with Crippen molar-refractivity contribution in [2.45, 2.75) is 6.61 Å². The van der Waals surface area contributed by atoms with Crippen LogP contribution in [0.5, 0.6) is 5.75 Å². The second-order valence-electron chi connectivity index (χ2n) is 7.33. The maximum absolute atomic E-state index is 12.7. The van der Waals surface area contributed by atoms with Crippen molar-refractivity contribution in [1.29, 1.82) is 0 Å². The standard InChI is InChI=1S/C25H18ClIN2O4S/c1-29-23(30)22(34-25(29)28-19-4-2-3-17(13-19)24(31)32)12-16-7-10-21(20(26)11-16)33-14-15-5-8-18(27)9-6-15/h2-13H,14H2,1H3,(H,31,32)/b22-12-,28-25?. The molecule has 172 valence electrons. The third-order valence-corrected chi connectivity index (χ3v) is 6.96. The third kappa shape index (κ3) is 5.81. The lowest BCUT2D eigenvalue weighted by molar-refractivity contribution is -0.121. The number of amidine groups is 1. The van der Waals surface area contributed by atoms with Gasteiger partial charge in [-0.3, -0.25) is 9.69 Å². The maximum Gasteiger partial charge on any atom is 0.335 e. The number of nitrogens with zero attached hydrogens (tertiary/aromatic N) is 2. The van der Waals surface area contributed by atoms with Gasteiger partial charge in [0, 0.05) is 10.6 Å². The molecule has 0 atom stereocenters. The molecule has 0 unspecified atom stereocenters. The predicted molar refractivity (Wildman–Crippen MR) is 144 cm³/mol. The Hall–Kier alpha value is -2.82. The normalized spacial score (nSPS) is 15.9. The molecular weight excluding hydrogens is 587 g/mol. The molecule has 3 aromatic carbocycles. The first-order valence-corrected chi connectivity index (χ1v) is 12.3. The van der Waals surface area contributed by atoms with E-state index >= 15 is 0 Å². The molecule has 0 saturated carbocycles. The van der Waals surface area contributed by atoms with Gasteiger partial charge in [0.1, 0.15) is 12.4 Å². The van der Waals surface area contributed by atoms with Gasteiger partial charge in [-0.25, -0.2) is 9.79 Å². The van der Waals surface area contributed by atoms with Crippen molar-refractivity contribution in [2.75, 3.05) is 7.05 Å². The molecule has 1 saturated heterocycles. The summed E-state index contributed by atoms with van der Waals surface area (Å²) in [4.78, 5) is 30.3. The number of thioether (sulfide) groups is 1. The number of halogens is 2. The fourth-order valence-corrected chi connectivity index (χ4v) is 4.68. The molecule has 9 heteroatoms. The fourth-order valence-electron chi connectivity index (χ4n) is 3.09. The van der Waals surface area contributed by atoms with E-state index in [1.807, 2.05) is 30.3 Å². The molecule has 1 fully saturated rings. The van der Waals surface area contributed by atoms with Crippen molar-refractivity contribution in [3.05, 3.63) is 96.9 Å². The number of hydrogen-bond donors (Lipinski definition) is 1. The summed E-state index contributed by atoms with van der Waals surface area (Å²) in [7, 11) is 1.63. The summed E-state index contributed by atoms with van der Waals surface area (Å²) in [6, 6.07) is 19.7. The number of likely N-dealkylation sites (N-methyl/N-ethyl adjacent to an activating group) is 1. The van der Waals surface area contributed by atoms with Crippen LogP contribution in [-0.2, 0) is 11.4 Å². The van der Waals surface area contributed by atoms with E-state index in [9.17, 15) is 9.59 Å². The van der Waals surface area contributed by atoms with E-state index in [1.165, 1.54) is 28.8 Å². The molecule has 3 aromatic rings. The Morgan fingerprint density at radius 3 is 2.65 bits per heavy atom. The lowest BCUT2D eigenvalue weighted by atomic mass is 10.2. The minimum atomic E-state index is -1.03. The molecule has 1 heterocycles. The lowest BCUT2D eigenvalue weighted by Gasteiger charge is -2.09. The summed E-state index contributed by atoms with van der Waals surface area (Å²) in [6.07, 6.45) is 1.74. The van der Waals surface area contributed by atoms with Crippen LogP contribution in [0.1, 0.15) is 21.5 Å². The van der Waals surface area contributed by atoms with Crippen LogP contribution < -0.4 is 4.74 Å². The van der Waals surface area contributed by atoms with Gasteiger partial charge in [-0.15, -0.1) is 0 Å². The first kappa shape index (κ1) is 24.3. The summed E-state index contributed by atoms with van der Waals surface area (Å²) in [5.74, 6) is -0.673. The number of carbonyl (C=O) groups excluding carboxylic acids is 1. The van der Waals surface area contributed by atoms with E-state index in [0.717, 1.165) is 14.7 Å². The zero-order valence-electron chi connectivity index (χ0n) is 17.9. The average molecular weight is 605 g/mol. The largest absolute Gasteiger partial charge is 0.487 e. The van der Waals surface area contributed by atoms with Crippen molar-refractivity contribution in [2.24, 2.45) is 4.99 Å². The molecule has 1 amide bonds. The first-order valence-electron chi connectivity index (χ1n) is 10.1. The third-order valence-electron chi connectivity index (χ3n) is 4.88. The van der Waals surface area contributed by atoms with Crippen molar-refractivity contribution < 1.29 is 19.4 Å². The second-order valence-corrected chi connectivity index (χ2v) is 9.99. The maximum atomic E-state index is 12.7. The van der Waals surface area contributed by atoms with E-state index in [4.69, 9.17) is 21.4 Å². The van der Waals surface area contributed by atoms with Crippen LogP contribution in [0.25, 0.3) is 6.08 Å². The Morgan fingerprint density at radius 2 is 1.94 bits per heavy atom. The van der Waals surface area contributed by atoms with Crippen molar-refractivity contribution in [3.8, 4) is 5.75 Å². The molecule has 34 heavy (non-hydrogen) atoms. The van der Waals surface area contributed by atoms with E-state index in [2.05, 4.69) is 27.6 Å². The molecular formula is C25H18ClIN2O4S. The number of aromatic carboxylic acids is 1. The van der Waals surface area contributed by atoms with Gasteiger partial charge in [0.05, 0.1) is 21.2 Å². The van der Waals surface area contributed by atoms with Crippen LogP contribution >= 0.6 is 46.0 Å². The molecule has 4 rings (SSSR count). The molecule has 1 aliphatic heterocycles. The number of benzene rings is 3. The molecule has 0 aliphatic carbocycles. The Labute approximate surface area is 219 Å². The zero-order chi connectivity index (χ0) is 24.2. The van der Waals surface area contributed by atoms with Gasteiger partial charge in [0.25, 0.3) is 5.91 Å². The molecule has 1 N–H and O–H groups in total. The molecule has 6 nitrogen and oxygen atoms in total. The Balaban J connectivity index is 1.49. The lowest BCUT2D eigenvalue weighted by Crippen LogP contribution is -2.23. The monoisotopic (exact) mass is 604 g/mol. The van der Waals surface area contributed by atoms with Gasteiger partial charge in [0.15, 0.2) is 5.17 Å². The fraction of sp³-hybridized carbons (Fsp3) is 0.0800. The van der Waals surface area contributed by atoms with E-state index < -0.39 is 5.97 Å². The zero-order valence-corrected chi connectivity index (χ0v) is 21.6. The van der Waals surface area contributed by atoms with Crippen LogP contribution in [-0.4, -0.2) is 34.1 Å². The highest BCUT2D eigenvalue weighted by Crippen LogP contribution is 2.34. The molecule has 1 aliphatic rings. The van der Waals surface area contributed by atoms with Gasteiger partial charge < -0.3 is 9.84 Å². The summed E-state index contributed by atoms with van der Waals surface area (Å²) in [5.41, 5.74) is 2.39. The molecule has 0 aromatic heterocycles. The number of ether oxygens (including phenoxy) is 1. The molecule has 0 bridgehead atoms. The van der Waals surface area contributed by atoms with Crippen LogP contribution in [0.2, 0.25) is 5.02 Å². The van der Waals surface area contributed by atoms with Gasteiger partial charge in [-0.1, -0.05) is 35.9 Å². The van der Waals surface area contributed by atoms with Crippen molar-refractivity contribution >= 4 is 74.8 Å². The van der Waals surface area contributed by atoms with Crippen LogP contribution in [0.3, 0.4) is 0 Å². The van der Waals surface area contributed by atoms with Crippen molar-refractivity contribution in [1.82, 2.24) is 4.90 Å². The number of amides is 1. The minimum Gasteiger partial charge on any atom is -0.487 e. The highest BCUT2D eigenvalue weighted by Gasteiger charge is 2.30. The van der Waals surface area contributed by atoms with E-state index in [-0.39, 0.29) is 11.5 Å². The van der Waals surface area contributed by atoms with Gasteiger partial charge in [-0.2, -0.15) is 0 Å². The first-order chi connectivity index (χ1) is 16.3.